The summed E-state index contributed by atoms with van der Waals surface area (Å²) in [4.78, 5) is 0. The normalized spacial score (nSPS) is 8.85. The maximum absolute atomic E-state index is 8.51. The molecule has 0 aliphatic carbocycles. The second kappa shape index (κ2) is 4.43. The van der Waals surface area contributed by atoms with Gasteiger partial charge in [0, 0.05) is 5.56 Å². The predicted molar refractivity (Wildman–Crippen MR) is 53.2 cm³/mol. The first-order valence-corrected chi connectivity index (χ1v) is 4.07. The molecular formula is C9H8N2OS. The van der Waals surface area contributed by atoms with Gasteiger partial charge in [-0.2, -0.15) is 5.26 Å². The molecule has 0 spiro atoms. The van der Waals surface area contributed by atoms with Gasteiger partial charge in [-0.1, -0.05) is 18.2 Å². The maximum atomic E-state index is 8.51. The molecule has 13 heavy (non-hydrogen) atoms. The Kier molecular flexibility index (Phi) is 3.23. The van der Waals surface area contributed by atoms with E-state index in [0.717, 1.165) is 5.56 Å². The SMILES string of the molecule is N#CCc1ccccc1OC(N)=S. The van der Waals surface area contributed by atoms with Gasteiger partial charge in [0.05, 0.1) is 12.5 Å². The summed E-state index contributed by atoms with van der Waals surface area (Å²) in [6.45, 7) is 0. The summed E-state index contributed by atoms with van der Waals surface area (Å²) in [5, 5.41) is 8.47. The molecule has 4 heteroatoms. The average molecular weight is 192 g/mol. The van der Waals surface area contributed by atoms with E-state index >= 15 is 0 Å². The van der Waals surface area contributed by atoms with Gasteiger partial charge in [-0.05, 0) is 18.3 Å². The lowest BCUT2D eigenvalue weighted by Crippen LogP contribution is -2.16. The Morgan fingerprint density at radius 2 is 2.23 bits per heavy atom. The minimum absolute atomic E-state index is 0.0367. The summed E-state index contributed by atoms with van der Waals surface area (Å²) in [6, 6.07) is 9.20. The second-order valence-corrected chi connectivity index (χ2v) is 2.77. The van der Waals surface area contributed by atoms with Gasteiger partial charge >= 0.3 is 0 Å². The zero-order valence-corrected chi connectivity index (χ0v) is 7.67. The van der Waals surface area contributed by atoms with Crippen molar-refractivity contribution in [3.8, 4) is 11.8 Å². The summed E-state index contributed by atoms with van der Waals surface area (Å²) in [5.41, 5.74) is 6.01. The van der Waals surface area contributed by atoms with Crippen LogP contribution in [0.5, 0.6) is 5.75 Å². The van der Waals surface area contributed by atoms with Crippen LogP contribution in [0.4, 0.5) is 0 Å². The van der Waals surface area contributed by atoms with Gasteiger partial charge in [0.1, 0.15) is 5.75 Å². The highest BCUT2D eigenvalue weighted by atomic mass is 32.1. The number of hydrogen-bond donors (Lipinski definition) is 1. The largest absolute Gasteiger partial charge is 0.432 e. The highest BCUT2D eigenvalue weighted by molar-refractivity contribution is 7.80. The van der Waals surface area contributed by atoms with Crippen LogP contribution in [0.1, 0.15) is 5.56 Å². The number of para-hydroxylation sites is 1. The topological polar surface area (TPSA) is 59.0 Å². The zero-order valence-electron chi connectivity index (χ0n) is 6.86. The number of rotatable bonds is 2. The quantitative estimate of drug-likeness (QED) is 0.719. The Balaban J connectivity index is 2.92. The molecule has 0 heterocycles. The molecule has 0 amide bonds. The lowest BCUT2D eigenvalue weighted by molar-refractivity contribution is 0.551. The number of hydrogen-bond acceptors (Lipinski definition) is 3. The fourth-order valence-electron chi connectivity index (χ4n) is 0.943. The fraction of sp³-hybridized carbons (Fsp3) is 0.111. The lowest BCUT2D eigenvalue weighted by atomic mass is 10.1. The molecule has 1 aromatic carbocycles. The van der Waals surface area contributed by atoms with E-state index in [9.17, 15) is 0 Å². The third kappa shape index (κ3) is 2.73. The average Bonchev–Trinajstić information content (AvgIpc) is 2.08. The van der Waals surface area contributed by atoms with E-state index in [1.165, 1.54) is 0 Å². The Morgan fingerprint density at radius 1 is 1.54 bits per heavy atom. The first-order valence-electron chi connectivity index (χ1n) is 3.66. The van der Waals surface area contributed by atoms with Gasteiger partial charge in [-0.25, -0.2) is 0 Å². The molecule has 0 aliphatic heterocycles. The molecule has 0 unspecified atom stereocenters. The Labute approximate surface area is 81.7 Å². The van der Waals surface area contributed by atoms with E-state index in [4.69, 9.17) is 15.7 Å². The summed E-state index contributed by atoms with van der Waals surface area (Å²) in [7, 11) is 0. The lowest BCUT2D eigenvalue weighted by Gasteiger charge is -2.05. The van der Waals surface area contributed by atoms with Crippen molar-refractivity contribution in [1.82, 2.24) is 0 Å². The van der Waals surface area contributed by atoms with Crippen LogP contribution < -0.4 is 10.5 Å². The molecule has 0 fully saturated rings. The molecule has 0 aromatic heterocycles. The Morgan fingerprint density at radius 3 is 2.85 bits per heavy atom. The van der Waals surface area contributed by atoms with Crippen molar-refractivity contribution in [2.24, 2.45) is 5.73 Å². The van der Waals surface area contributed by atoms with Crippen LogP contribution in [0.15, 0.2) is 24.3 Å². The van der Waals surface area contributed by atoms with Crippen LogP contribution >= 0.6 is 12.2 Å². The molecule has 0 atom stereocenters. The third-order valence-electron chi connectivity index (χ3n) is 1.45. The molecular weight excluding hydrogens is 184 g/mol. The van der Waals surface area contributed by atoms with Crippen molar-refractivity contribution < 1.29 is 4.74 Å². The van der Waals surface area contributed by atoms with E-state index in [2.05, 4.69) is 12.2 Å². The van der Waals surface area contributed by atoms with Crippen LogP contribution in [-0.2, 0) is 6.42 Å². The first-order chi connectivity index (χ1) is 6.24. The van der Waals surface area contributed by atoms with E-state index in [1.807, 2.05) is 12.1 Å². The molecule has 66 valence electrons. The van der Waals surface area contributed by atoms with Crippen molar-refractivity contribution in [2.45, 2.75) is 6.42 Å². The van der Waals surface area contributed by atoms with Crippen LogP contribution in [-0.4, -0.2) is 5.17 Å². The minimum atomic E-state index is -0.0367. The molecule has 0 saturated heterocycles. The molecule has 0 saturated carbocycles. The summed E-state index contributed by atoms with van der Waals surface area (Å²) >= 11 is 4.59. The predicted octanol–water partition coefficient (Wildman–Crippen LogP) is 1.38. The van der Waals surface area contributed by atoms with Crippen molar-refractivity contribution in [2.75, 3.05) is 0 Å². The van der Waals surface area contributed by atoms with Crippen molar-refractivity contribution in [3.05, 3.63) is 29.8 Å². The van der Waals surface area contributed by atoms with E-state index < -0.39 is 0 Å². The van der Waals surface area contributed by atoms with Gasteiger partial charge in [0.25, 0.3) is 5.17 Å². The molecule has 1 rings (SSSR count). The number of nitrogens with two attached hydrogens (primary N) is 1. The van der Waals surface area contributed by atoms with E-state index in [0.29, 0.717) is 12.2 Å². The molecule has 2 N–H and O–H groups in total. The summed E-state index contributed by atoms with van der Waals surface area (Å²) < 4.78 is 5.06. The standard InChI is InChI=1S/C9H8N2OS/c10-6-5-7-3-1-2-4-8(7)12-9(11)13/h1-4H,5H2,(H2,11,13). The zero-order chi connectivity index (χ0) is 9.68. The second-order valence-electron chi connectivity index (χ2n) is 2.36. The van der Waals surface area contributed by atoms with Crippen molar-refractivity contribution >= 4 is 17.4 Å². The highest BCUT2D eigenvalue weighted by Gasteiger charge is 2.02. The molecule has 0 aliphatic rings. The van der Waals surface area contributed by atoms with E-state index in [1.54, 1.807) is 18.2 Å². The number of thiocarbonyl (C=S) groups is 1. The van der Waals surface area contributed by atoms with Crippen molar-refractivity contribution in [1.29, 1.82) is 5.26 Å². The van der Waals surface area contributed by atoms with Crippen LogP contribution in [0, 0.1) is 11.3 Å². The van der Waals surface area contributed by atoms with Gasteiger partial charge in [-0.3, -0.25) is 0 Å². The molecule has 0 bridgehead atoms. The summed E-state index contributed by atoms with van der Waals surface area (Å²) in [5.74, 6) is 0.552. The van der Waals surface area contributed by atoms with Gasteiger partial charge in [0.2, 0.25) is 0 Å². The Bertz CT molecular complexity index is 357. The monoisotopic (exact) mass is 192 g/mol. The number of nitrogens with zero attached hydrogens (tertiary/aromatic N) is 1. The smallest absolute Gasteiger partial charge is 0.259 e. The maximum Gasteiger partial charge on any atom is 0.259 e. The molecule has 0 radical (unpaired) electrons. The third-order valence-corrected chi connectivity index (χ3v) is 1.54. The number of nitriles is 1. The Hall–Kier alpha value is -1.60. The van der Waals surface area contributed by atoms with Crippen LogP contribution in [0.3, 0.4) is 0 Å². The van der Waals surface area contributed by atoms with Crippen molar-refractivity contribution in [3.63, 3.8) is 0 Å². The highest BCUT2D eigenvalue weighted by Crippen LogP contribution is 2.17. The van der Waals surface area contributed by atoms with Gasteiger partial charge in [-0.15, -0.1) is 0 Å². The first kappa shape index (κ1) is 9.49. The molecule has 1 aromatic rings. The number of ether oxygens (including phenoxy) is 1. The van der Waals surface area contributed by atoms with Gasteiger partial charge in [0.15, 0.2) is 0 Å². The fourth-order valence-corrected chi connectivity index (χ4v) is 1.03. The number of benzene rings is 1. The minimum Gasteiger partial charge on any atom is -0.432 e. The molecule has 3 nitrogen and oxygen atoms in total. The summed E-state index contributed by atoms with van der Waals surface area (Å²) in [6.07, 6.45) is 0.290. The van der Waals surface area contributed by atoms with E-state index in [-0.39, 0.29) is 5.17 Å². The van der Waals surface area contributed by atoms with Crippen LogP contribution in [0.2, 0.25) is 0 Å². The van der Waals surface area contributed by atoms with Gasteiger partial charge < -0.3 is 10.5 Å². The van der Waals surface area contributed by atoms with Crippen LogP contribution in [0.25, 0.3) is 0 Å².